The van der Waals surface area contributed by atoms with Crippen molar-refractivity contribution in [2.45, 2.75) is 26.5 Å². The number of nitro groups is 1. The standard InChI is InChI=1S/C12H13N3O4/c1-8(2)19-12(16)7-14-11-4-3-10(15(17)18)5-9(11)6-13-14/h3-6,8H,7H2,1-2H3. The molecule has 0 radical (unpaired) electrons. The Morgan fingerprint density at radius 3 is 2.89 bits per heavy atom. The van der Waals surface area contributed by atoms with Crippen molar-refractivity contribution in [1.29, 1.82) is 0 Å². The first kappa shape index (κ1) is 13.0. The summed E-state index contributed by atoms with van der Waals surface area (Å²) < 4.78 is 6.49. The number of fused-ring (bicyclic) bond motifs is 1. The van der Waals surface area contributed by atoms with Crippen LogP contribution in [0.15, 0.2) is 24.4 Å². The Hall–Kier alpha value is -2.44. The molecule has 1 aromatic heterocycles. The van der Waals surface area contributed by atoms with Crippen LogP contribution in [0.4, 0.5) is 5.69 Å². The summed E-state index contributed by atoms with van der Waals surface area (Å²) in [6.07, 6.45) is 1.31. The predicted octanol–water partition coefficient (Wildman–Crippen LogP) is 1.90. The number of esters is 1. The Morgan fingerprint density at radius 2 is 2.26 bits per heavy atom. The fourth-order valence-corrected chi connectivity index (χ4v) is 1.74. The van der Waals surface area contributed by atoms with Gasteiger partial charge in [-0.2, -0.15) is 5.10 Å². The minimum absolute atomic E-state index is 0.00296. The Bertz CT molecular complexity index is 633. The molecule has 0 bridgehead atoms. The van der Waals surface area contributed by atoms with E-state index in [1.807, 2.05) is 0 Å². The third-order valence-corrected chi connectivity index (χ3v) is 2.48. The van der Waals surface area contributed by atoms with Gasteiger partial charge in [-0.25, -0.2) is 0 Å². The first-order valence-corrected chi connectivity index (χ1v) is 5.77. The summed E-state index contributed by atoms with van der Waals surface area (Å²) in [5, 5.41) is 15.3. The molecule has 0 aliphatic rings. The van der Waals surface area contributed by atoms with E-state index in [0.29, 0.717) is 10.9 Å². The van der Waals surface area contributed by atoms with Crippen LogP contribution in [0.3, 0.4) is 0 Å². The molecule has 0 amide bonds. The smallest absolute Gasteiger partial charge is 0.328 e. The van der Waals surface area contributed by atoms with Crippen LogP contribution < -0.4 is 0 Å². The van der Waals surface area contributed by atoms with Crippen LogP contribution in [-0.2, 0) is 16.1 Å². The molecule has 7 heteroatoms. The molecule has 0 N–H and O–H groups in total. The van der Waals surface area contributed by atoms with Gasteiger partial charge in [-0.15, -0.1) is 0 Å². The Labute approximate surface area is 108 Å². The van der Waals surface area contributed by atoms with Crippen LogP contribution in [0.2, 0.25) is 0 Å². The highest BCUT2D eigenvalue weighted by Gasteiger charge is 2.13. The van der Waals surface area contributed by atoms with Crippen LogP contribution in [0.25, 0.3) is 10.9 Å². The van der Waals surface area contributed by atoms with Crippen molar-refractivity contribution in [3.8, 4) is 0 Å². The number of nitro benzene ring substituents is 1. The summed E-state index contributed by atoms with van der Waals surface area (Å²) in [6, 6.07) is 4.38. The normalized spacial score (nSPS) is 10.9. The van der Waals surface area contributed by atoms with Gasteiger partial charge in [0.1, 0.15) is 6.54 Å². The van der Waals surface area contributed by atoms with Gasteiger partial charge in [0.05, 0.1) is 22.7 Å². The van der Waals surface area contributed by atoms with Gasteiger partial charge in [0.15, 0.2) is 0 Å². The van der Waals surface area contributed by atoms with E-state index >= 15 is 0 Å². The van der Waals surface area contributed by atoms with Crippen LogP contribution >= 0.6 is 0 Å². The monoisotopic (exact) mass is 263 g/mol. The Kier molecular flexibility index (Phi) is 3.46. The molecule has 100 valence electrons. The molecule has 1 aromatic carbocycles. The molecule has 0 fully saturated rings. The maximum absolute atomic E-state index is 11.5. The molecule has 0 saturated carbocycles. The van der Waals surface area contributed by atoms with Crippen LogP contribution in [0.5, 0.6) is 0 Å². The molecule has 1 heterocycles. The van der Waals surface area contributed by atoms with Crippen molar-refractivity contribution < 1.29 is 14.5 Å². The lowest BCUT2D eigenvalue weighted by molar-refractivity contribution is -0.384. The summed E-state index contributed by atoms with van der Waals surface area (Å²) in [4.78, 5) is 21.7. The highest BCUT2D eigenvalue weighted by Crippen LogP contribution is 2.20. The zero-order valence-corrected chi connectivity index (χ0v) is 10.6. The summed E-state index contributed by atoms with van der Waals surface area (Å²) in [6.45, 7) is 3.52. The number of nitrogens with zero attached hydrogens (tertiary/aromatic N) is 3. The molecule has 2 rings (SSSR count). The van der Waals surface area contributed by atoms with Crippen LogP contribution in [-0.4, -0.2) is 26.8 Å². The number of carbonyl (C=O) groups excluding carboxylic acids is 1. The van der Waals surface area contributed by atoms with E-state index in [2.05, 4.69) is 5.10 Å². The molecule has 19 heavy (non-hydrogen) atoms. The highest BCUT2D eigenvalue weighted by atomic mass is 16.6. The zero-order valence-electron chi connectivity index (χ0n) is 10.6. The Morgan fingerprint density at radius 1 is 1.53 bits per heavy atom. The number of benzene rings is 1. The van der Waals surface area contributed by atoms with E-state index in [-0.39, 0.29) is 18.3 Å². The Balaban J connectivity index is 2.26. The lowest BCUT2D eigenvalue weighted by atomic mass is 10.2. The minimum Gasteiger partial charge on any atom is -0.462 e. The van der Waals surface area contributed by atoms with E-state index in [1.165, 1.54) is 23.0 Å². The quantitative estimate of drug-likeness (QED) is 0.477. The summed E-state index contributed by atoms with van der Waals surface area (Å²) in [7, 11) is 0. The maximum Gasteiger partial charge on any atom is 0.328 e. The molecular weight excluding hydrogens is 250 g/mol. The molecule has 0 atom stereocenters. The number of hydrogen-bond acceptors (Lipinski definition) is 5. The summed E-state index contributed by atoms with van der Waals surface area (Å²) in [5.74, 6) is -0.390. The second-order valence-corrected chi connectivity index (χ2v) is 4.34. The first-order chi connectivity index (χ1) is 8.97. The van der Waals surface area contributed by atoms with Crippen molar-refractivity contribution in [1.82, 2.24) is 9.78 Å². The predicted molar refractivity (Wildman–Crippen MR) is 67.6 cm³/mol. The number of non-ortho nitro benzene ring substituents is 1. The summed E-state index contributed by atoms with van der Waals surface area (Å²) >= 11 is 0. The number of hydrogen-bond donors (Lipinski definition) is 0. The van der Waals surface area contributed by atoms with E-state index in [1.54, 1.807) is 19.9 Å². The molecule has 0 aliphatic heterocycles. The number of ether oxygens (including phenoxy) is 1. The summed E-state index contributed by atoms with van der Waals surface area (Å²) in [5.41, 5.74) is 0.656. The number of aromatic nitrogens is 2. The van der Waals surface area contributed by atoms with Gasteiger partial charge in [0, 0.05) is 17.5 Å². The van der Waals surface area contributed by atoms with Gasteiger partial charge in [-0.3, -0.25) is 19.6 Å². The second-order valence-electron chi connectivity index (χ2n) is 4.34. The second kappa shape index (κ2) is 5.05. The molecule has 0 spiro atoms. The van der Waals surface area contributed by atoms with Gasteiger partial charge in [0.2, 0.25) is 0 Å². The molecule has 0 aliphatic carbocycles. The van der Waals surface area contributed by atoms with Gasteiger partial charge in [-0.1, -0.05) is 0 Å². The topological polar surface area (TPSA) is 87.3 Å². The fourth-order valence-electron chi connectivity index (χ4n) is 1.74. The molecule has 2 aromatic rings. The van der Waals surface area contributed by atoms with E-state index in [4.69, 9.17) is 4.74 Å². The van der Waals surface area contributed by atoms with Crippen molar-refractivity contribution >= 4 is 22.6 Å². The van der Waals surface area contributed by atoms with Gasteiger partial charge < -0.3 is 4.74 Å². The van der Waals surface area contributed by atoms with E-state index < -0.39 is 10.9 Å². The maximum atomic E-state index is 11.5. The minimum atomic E-state index is -0.468. The lowest BCUT2D eigenvalue weighted by Crippen LogP contribution is -2.18. The largest absolute Gasteiger partial charge is 0.462 e. The van der Waals surface area contributed by atoms with Gasteiger partial charge >= 0.3 is 5.97 Å². The van der Waals surface area contributed by atoms with E-state index in [9.17, 15) is 14.9 Å². The third kappa shape index (κ3) is 2.87. The number of carbonyl (C=O) groups is 1. The van der Waals surface area contributed by atoms with Gasteiger partial charge in [0.25, 0.3) is 5.69 Å². The third-order valence-electron chi connectivity index (χ3n) is 2.48. The molecule has 0 saturated heterocycles. The zero-order chi connectivity index (χ0) is 14.0. The number of rotatable bonds is 4. The first-order valence-electron chi connectivity index (χ1n) is 5.77. The molecule has 0 unspecified atom stereocenters. The van der Waals surface area contributed by atoms with E-state index in [0.717, 1.165) is 0 Å². The molecular formula is C12H13N3O4. The average molecular weight is 263 g/mol. The van der Waals surface area contributed by atoms with Crippen LogP contribution in [0, 0.1) is 10.1 Å². The lowest BCUT2D eigenvalue weighted by Gasteiger charge is -2.08. The van der Waals surface area contributed by atoms with Gasteiger partial charge in [-0.05, 0) is 19.9 Å². The SMILES string of the molecule is CC(C)OC(=O)Cn1ncc2cc([N+](=O)[O-])ccc21. The average Bonchev–Trinajstić information content (AvgIpc) is 2.70. The molecule has 7 nitrogen and oxygen atoms in total. The van der Waals surface area contributed by atoms with Crippen molar-refractivity contribution in [3.63, 3.8) is 0 Å². The van der Waals surface area contributed by atoms with Crippen molar-refractivity contribution in [3.05, 3.63) is 34.5 Å². The van der Waals surface area contributed by atoms with Crippen LogP contribution in [0.1, 0.15) is 13.8 Å². The van der Waals surface area contributed by atoms with Crippen molar-refractivity contribution in [2.75, 3.05) is 0 Å². The fraction of sp³-hybridized carbons (Fsp3) is 0.333. The van der Waals surface area contributed by atoms with Crippen molar-refractivity contribution in [2.24, 2.45) is 0 Å². The highest BCUT2D eigenvalue weighted by molar-refractivity contribution is 5.82.